The number of fused-ring (bicyclic) bond motifs is 1. The van der Waals surface area contributed by atoms with Crippen LogP contribution in [0.3, 0.4) is 0 Å². The molecule has 2 aliphatic heterocycles. The largest absolute Gasteiger partial charge is 0.459 e. The van der Waals surface area contributed by atoms with Crippen LogP contribution >= 0.6 is 0 Å². The Kier molecular flexibility index (Phi) is 9.81. The van der Waals surface area contributed by atoms with Crippen LogP contribution < -0.4 is 0 Å². The Morgan fingerprint density at radius 2 is 1.13 bits per heavy atom. The van der Waals surface area contributed by atoms with Crippen LogP contribution in [0.25, 0.3) is 0 Å². The van der Waals surface area contributed by atoms with Crippen molar-refractivity contribution in [3.8, 4) is 0 Å². The highest BCUT2D eigenvalue weighted by molar-refractivity contribution is 6.04. The SMILES string of the molecule is CC1(C)[C@H]2N([C@@H]3O[C@H](COC(=O)c4ccccc4)[C@@H](OC(=O)c4ccccc4)[C@H]3OC(=O)c3ccccc3)C(=O)N(Cc3ccccc3)C(=O)[C@@]2(F)C1(C)C. The number of ether oxygens (including phenoxy) is 4. The van der Waals surface area contributed by atoms with Crippen molar-refractivity contribution in [1.29, 1.82) is 0 Å². The van der Waals surface area contributed by atoms with Crippen LogP contribution in [-0.2, 0) is 30.3 Å². The van der Waals surface area contributed by atoms with Gasteiger partial charge in [0, 0.05) is 5.41 Å². The second-order valence-electron chi connectivity index (χ2n) is 15.0. The van der Waals surface area contributed by atoms with Crippen molar-refractivity contribution in [2.45, 2.75) is 70.5 Å². The third kappa shape index (κ3) is 6.33. The molecule has 0 bridgehead atoms. The first-order valence-corrected chi connectivity index (χ1v) is 18.0. The van der Waals surface area contributed by atoms with Crippen molar-refractivity contribution < 1.29 is 47.3 Å². The maximum Gasteiger partial charge on any atom is 0.338 e. The second kappa shape index (κ2) is 14.4. The first-order chi connectivity index (χ1) is 26.3. The summed E-state index contributed by atoms with van der Waals surface area (Å²) < 4.78 is 42.2. The molecule has 12 heteroatoms. The van der Waals surface area contributed by atoms with Crippen LogP contribution in [0.4, 0.5) is 9.18 Å². The van der Waals surface area contributed by atoms with Crippen molar-refractivity contribution in [2.24, 2.45) is 10.8 Å². The van der Waals surface area contributed by atoms with E-state index < -0.39 is 83.5 Å². The van der Waals surface area contributed by atoms with Crippen molar-refractivity contribution in [2.75, 3.05) is 6.61 Å². The van der Waals surface area contributed by atoms with Gasteiger partial charge in [0.2, 0.25) is 5.67 Å². The van der Waals surface area contributed by atoms with Gasteiger partial charge in [-0.1, -0.05) is 113 Å². The third-order valence-electron chi connectivity index (χ3n) is 11.5. The molecule has 3 aliphatic rings. The van der Waals surface area contributed by atoms with Gasteiger partial charge in [0.15, 0.2) is 18.4 Å². The van der Waals surface area contributed by atoms with Gasteiger partial charge in [0.25, 0.3) is 5.91 Å². The molecule has 55 heavy (non-hydrogen) atoms. The fourth-order valence-corrected chi connectivity index (χ4v) is 7.87. The fourth-order valence-electron chi connectivity index (χ4n) is 7.87. The Morgan fingerprint density at radius 3 is 1.64 bits per heavy atom. The summed E-state index contributed by atoms with van der Waals surface area (Å²) in [5.41, 5.74) is -3.80. The van der Waals surface area contributed by atoms with Crippen LogP contribution in [0, 0.1) is 10.8 Å². The highest BCUT2D eigenvalue weighted by Gasteiger charge is 2.83. The van der Waals surface area contributed by atoms with Crippen molar-refractivity contribution in [3.05, 3.63) is 144 Å². The number of carbonyl (C=O) groups excluding carboxylic acids is 5. The number of carbonyl (C=O) groups is 5. The molecule has 0 unspecified atom stereocenters. The van der Waals surface area contributed by atoms with Crippen LogP contribution in [0.2, 0.25) is 0 Å². The lowest BCUT2D eigenvalue weighted by Crippen LogP contribution is -2.88. The number of amides is 3. The number of esters is 3. The zero-order valence-corrected chi connectivity index (χ0v) is 30.8. The van der Waals surface area contributed by atoms with Crippen LogP contribution in [0.5, 0.6) is 0 Å². The number of nitrogens with zero attached hydrogens (tertiary/aromatic N) is 2. The molecule has 7 rings (SSSR count). The number of rotatable bonds is 10. The van der Waals surface area contributed by atoms with Gasteiger partial charge < -0.3 is 18.9 Å². The molecule has 3 amide bonds. The van der Waals surface area contributed by atoms with Crippen LogP contribution in [0.1, 0.15) is 64.3 Å². The number of hydrogen-bond donors (Lipinski definition) is 0. The number of alkyl halides is 1. The molecule has 284 valence electrons. The molecule has 0 aromatic heterocycles. The highest BCUT2D eigenvalue weighted by Crippen LogP contribution is 2.68. The average molecular weight is 749 g/mol. The molecule has 1 saturated carbocycles. The van der Waals surface area contributed by atoms with Gasteiger partial charge in [-0.2, -0.15) is 0 Å². The molecule has 4 aromatic rings. The van der Waals surface area contributed by atoms with Gasteiger partial charge in [-0.25, -0.2) is 23.6 Å². The molecule has 0 spiro atoms. The minimum Gasteiger partial charge on any atom is -0.459 e. The third-order valence-corrected chi connectivity index (χ3v) is 11.5. The monoisotopic (exact) mass is 748 g/mol. The Labute approximate surface area is 317 Å². The van der Waals surface area contributed by atoms with E-state index in [0.717, 1.165) is 9.80 Å². The predicted molar refractivity (Wildman–Crippen MR) is 196 cm³/mol. The van der Waals surface area contributed by atoms with Gasteiger partial charge >= 0.3 is 23.9 Å². The number of urea groups is 1. The van der Waals surface area contributed by atoms with Gasteiger partial charge in [0.05, 0.1) is 29.3 Å². The molecule has 6 atom stereocenters. The first kappa shape index (κ1) is 37.4. The Hall–Kier alpha value is -5.88. The summed E-state index contributed by atoms with van der Waals surface area (Å²) in [7, 11) is 0. The summed E-state index contributed by atoms with van der Waals surface area (Å²) in [6.45, 7) is 6.01. The molecule has 0 N–H and O–H groups in total. The number of imide groups is 1. The fraction of sp³-hybridized carbons (Fsp3) is 0.326. The summed E-state index contributed by atoms with van der Waals surface area (Å²) >= 11 is 0. The van der Waals surface area contributed by atoms with E-state index in [1.807, 2.05) is 0 Å². The average Bonchev–Trinajstić information content (AvgIpc) is 3.53. The summed E-state index contributed by atoms with van der Waals surface area (Å²) in [5.74, 6) is -3.37. The summed E-state index contributed by atoms with van der Waals surface area (Å²) in [6.07, 6.45) is -6.00. The molecule has 2 heterocycles. The highest BCUT2D eigenvalue weighted by atomic mass is 19.1. The van der Waals surface area contributed by atoms with Crippen molar-refractivity contribution >= 4 is 29.8 Å². The Bertz CT molecular complexity index is 2080. The van der Waals surface area contributed by atoms with E-state index in [2.05, 4.69) is 0 Å². The topological polar surface area (TPSA) is 129 Å². The van der Waals surface area contributed by atoms with E-state index >= 15 is 4.39 Å². The number of benzene rings is 4. The zero-order chi connectivity index (χ0) is 39.1. The molecular weight excluding hydrogens is 707 g/mol. The summed E-state index contributed by atoms with van der Waals surface area (Å²) in [4.78, 5) is 71.7. The molecule has 4 aromatic carbocycles. The molecule has 3 fully saturated rings. The molecule has 0 radical (unpaired) electrons. The minimum absolute atomic E-state index is 0.143. The van der Waals surface area contributed by atoms with Crippen molar-refractivity contribution in [1.82, 2.24) is 9.80 Å². The molecular formula is C43H41FN2O9. The molecule has 11 nitrogen and oxygen atoms in total. The van der Waals surface area contributed by atoms with Crippen LogP contribution in [0.15, 0.2) is 121 Å². The van der Waals surface area contributed by atoms with E-state index in [0.29, 0.717) is 5.56 Å². The van der Waals surface area contributed by atoms with Gasteiger partial charge in [-0.15, -0.1) is 0 Å². The number of hydrogen-bond acceptors (Lipinski definition) is 9. The standard InChI is InChI=1S/C43H41FN2O9/c1-41(2)38-43(44,42(41,3)4)39(50)45(25-27-17-9-5-10-18-27)40(51)46(38)34-33(55-37(49)30-23-15-8-16-24-30)32(54-36(48)29-21-13-7-14-22-29)31(53-34)26-52-35(47)28-19-11-6-12-20-28/h5-24,31-34,38H,25-26H2,1-4H3/t31-,32-,33-,34-,38-,43-/m1/s1. The molecule has 1 aliphatic carbocycles. The first-order valence-electron chi connectivity index (χ1n) is 18.0. The summed E-state index contributed by atoms with van der Waals surface area (Å²) in [6, 6.07) is 30.7. The lowest BCUT2D eigenvalue weighted by atomic mass is 9.40. The second-order valence-corrected chi connectivity index (χ2v) is 15.0. The predicted octanol–water partition coefficient (Wildman–Crippen LogP) is 6.63. The quantitative estimate of drug-likeness (QED) is 0.130. The molecule has 2 saturated heterocycles. The van der Waals surface area contributed by atoms with Crippen LogP contribution in [-0.4, -0.2) is 82.5 Å². The maximum atomic E-state index is 17.9. The normalized spacial score (nSPS) is 26.4. The Morgan fingerprint density at radius 1 is 0.673 bits per heavy atom. The van der Waals surface area contributed by atoms with E-state index in [-0.39, 0.29) is 23.2 Å². The zero-order valence-electron chi connectivity index (χ0n) is 30.8. The maximum absolute atomic E-state index is 17.9. The van der Waals surface area contributed by atoms with E-state index in [4.69, 9.17) is 18.9 Å². The van der Waals surface area contributed by atoms with E-state index in [9.17, 15) is 24.0 Å². The lowest BCUT2D eigenvalue weighted by Gasteiger charge is -2.72. The van der Waals surface area contributed by atoms with Gasteiger partial charge in [0.1, 0.15) is 12.7 Å². The van der Waals surface area contributed by atoms with Gasteiger partial charge in [-0.05, 0) is 47.4 Å². The smallest absolute Gasteiger partial charge is 0.338 e. The van der Waals surface area contributed by atoms with Crippen molar-refractivity contribution in [3.63, 3.8) is 0 Å². The van der Waals surface area contributed by atoms with E-state index in [1.165, 1.54) is 24.3 Å². The van der Waals surface area contributed by atoms with E-state index in [1.54, 1.807) is 125 Å². The number of halogens is 1. The van der Waals surface area contributed by atoms with Gasteiger partial charge in [-0.3, -0.25) is 14.6 Å². The summed E-state index contributed by atoms with van der Waals surface area (Å²) in [5, 5.41) is 0. The minimum atomic E-state index is -2.61. The lowest BCUT2D eigenvalue weighted by molar-refractivity contribution is -0.279. The Balaban J connectivity index is 1.33.